The lowest BCUT2D eigenvalue weighted by Crippen LogP contribution is -2.33. The molecule has 0 saturated heterocycles. The molecule has 0 unspecified atom stereocenters. The van der Waals surface area contributed by atoms with Crippen molar-refractivity contribution >= 4 is 10.9 Å². The van der Waals surface area contributed by atoms with Gasteiger partial charge in [-0.2, -0.15) is 0 Å². The molecule has 3 aromatic rings. The molecular formula is C19H20N2. The minimum Gasteiger partial charge on any atom is -0.361 e. The lowest BCUT2D eigenvalue weighted by molar-refractivity contribution is 0.253. The van der Waals surface area contributed by atoms with Crippen LogP contribution < -0.4 is 0 Å². The Balaban J connectivity index is 1.82. The maximum atomic E-state index is 3.28. The van der Waals surface area contributed by atoms with Gasteiger partial charge in [0.15, 0.2) is 0 Å². The van der Waals surface area contributed by atoms with Crippen LogP contribution in [0.4, 0.5) is 0 Å². The largest absolute Gasteiger partial charge is 0.361 e. The quantitative estimate of drug-likeness (QED) is 0.745. The molecule has 2 heteroatoms. The highest BCUT2D eigenvalue weighted by Crippen LogP contribution is 2.34. The van der Waals surface area contributed by atoms with Crippen molar-refractivity contribution in [1.29, 1.82) is 0 Å². The highest BCUT2D eigenvalue weighted by atomic mass is 15.1. The van der Waals surface area contributed by atoms with Crippen LogP contribution in [-0.4, -0.2) is 23.0 Å². The summed E-state index contributed by atoms with van der Waals surface area (Å²) in [5.74, 6) is 0.481. The number of H-pyrrole nitrogens is 1. The Hall–Kier alpha value is -2.06. The zero-order valence-electron chi connectivity index (χ0n) is 12.3. The standard InChI is InChI=1S/C19H20N2/c1-2-21-12-16-5-3-4-6-17(16)18(13-21)14-7-8-19-15(11-14)9-10-20-19/h3-11,18,20H,2,12-13H2,1H3/t18-/m1/s1. The topological polar surface area (TPSA) is 19.0 Å². The number of nitrogens with zero attached hydrogens (tertiary/aromatic N) is 1. The molecule has 1 aliphatic heterocycles. The van der Waals surface area contributed by atoms with E-state index >= 15 is 0 Å². The zero-order chi connectivity index (χ0) is 14.2. The van der Waals surface area contributed by atoms with Crippen molar-refractivity contribution in [3.63, 3.8) is 0 Å². The molecular weight excluding hydrogens is 256 g/mol. The summed E-state index contributed by atoms with van der Waals surface area (Å²) >= 11 is 0. The van der Waals surface area contributed by atoms with Crippen LogP contribution in [0.25, 0.3) is 10.9 Å². The molecule has 21 heavy (non-hydrogen) atoms. The van der Waals surface area contributed by atoms with Crippen LogP contribution in [0.1, 0.15) is 29.5 Å². The monoisotopic (exact) mass is 276 g/mol. The second-order valence-electron chi connectivity index (χ2n) is 5.90. The van der Waals surface area contributed by atoms with Gasteiger partial charge in [-0.05, 0) is 46.8 Å². The van der Waals surface area contributed by atoms with Crippen LogP contribution >= 0.6 is 0 Å². The van der Waals surface area contributed by atoms with E-state index in [-0.39, 0.29) is 0 Å². The number of rotatable bonds is 2. The van der Waals surface area contributed by atoms with Crippen molar-refractivity contribution in [2.75, 3.05) is 13.1 Å². The van der Waals surface area contributed by atoms with Gasteiger partial charge in [0.1, 0.15) is 0 Å². The fraction of sp³-hybridized carbons (Fsp3) is 0.263. The molecule has 106 valence electrons. The Bertz CT molecular complexity index is 772. The van der Waals surface area contributed by atoms with Crippen molar-refractivity contribution in [2.45, 2.75) is 19.4 Å². The average molecular weight is 276 g/mol. The molecule has 2 heterocycles. The number of fused-ring (bicyclic) bond motifs is 2. The maximum absolute atomic E-state index is 3.28. The Morgan fingerprint density at radius 3 is 2.95 bits per heavy atom. The van der Waals surface area contributed by atoms with Crippen molar-refractivity contribution in [3.05, 3.63) is 71.4 Å². The van der Waals surface area contributed by atoms with Crippen LogP contribution in [0, 0.1) is 0 Å². The predicted octanol–water partition coefficient (Wildman–Crippen LogP) is 4.14. The fourth-order valence-corrected chi connectivity index (χ4v) is 3.49. The molecule has 1 aliphatic rings. The molecule has 0 spiro atoms. The van der Waals surface area contributed by atoms with Crippen LogP contribution in [0.3, 0.4) is 0 Å². The van der Waals surface area contributed by atoms with Gasteiger partial charge in [-0.3, -0.25) is 4.90 Å². The Morgan fingerprint density at radius 2 is 2.05 bits per heavy atom. The van der Waals surface area contributed by atoms with E-state index in [0.717, 1.165) is 19.6 Å². The second-order valence-corrected chi connectivity index (χ2v) is 5.90. The van der Waals surface area contributed by atoms with Crippen molar-refractivity contribution in [2.24, 2.45) is 0 Å². The van der Waals surface area contributed by atoms with Gasteiger partial charge in [0.2, 0.25) is 0 Å². The van der Waals surface area contributed by atoms with Crippen LogP contribution in [0.15, 0.2) is 54.7 Å². The highest BCUT2D eigenvalue weighted by Gasteiger charge is 2.25. The molecule has 0 fully saturated rings. The molecule has 2 aromatic carbocycles. The first-order chi connectivity index (χ1) is 10.3. The fourth-order valence-electron chi connectivity index (χ4n) is 3.49. The molecule has 0 saturated carbocycles. The number of aromatic amines is 1. The van der Waals surface area contributed by atoms with Gasteiger partial charge < -0.3 is 4.98 Å². The Labute approximate surface area is 125 Å². The molecule has 0 bridgehead atoms. The summed E-state index contributed by atoms with van der Waals surface area (Å²) in [7, 11) is 0. The van der Waals surface area contributed by atoms with E-state index in [9.17, 15) is 0 Å². The summed E-state index contributed by atoms with van der Waals surface area (Å²) in [4.78, 5) is 5.81. The summed E-state index contributed by atoms with van der Waals surface area (Å²) in [6.07, 6.45) is 2.02. The summed E-state index contributed by atoms with van der Waals surface area (Å²) < 4.78 is 0. The van der Waals surface area contributed by atoms with E-state index < -0.39 is 0 Å². The molecule has 0 aliphatic carbocycles. The van der Waals surface area contributed by atoms with Gasteiger partial charge in [-0.15, -0.1) is 0 Å². The molecule has 2 nitrogen and oxygen atoms in total. The molecule has 1 aromatic heterocycles. The van der Waals surface area contributed by atoms with E-state index in [1.807, 2.05) is 6.20 Å². The van der Waals surface area contributed by atoms with E-state index in [2.05, 4.69) is 65.3 Å². The van der Waals surface area contributed by atoms with Crippen molar-refractivity contribution in [3.8, 4) is 0 Å². The van der Waals surface area contributed by atoms with E-state index in [0.29, 0.717) is 5.92 Å². The normalized spacial score (nSPS) is 18.8. The second kappa shape index (κ2) is 5.05. The third-order valence-corrected chi connectivity index (χ3v) is 4.69. The summed E-state index contributed by atoms with van der Waals surface area (Å²) in [5, 5.41) is 1.30. The van der Waals surface area contributed by atoms with E-state index in [4.69, 9.17) is 0 Å². The number of likely N-dealkylation sites (N-methyl/N-ethyl adjacent to an activating group) is 1. The molecule has 1 N–H and O–H groups in total. The van der Waals surface area contributed by atoms with Gasteiger partial charge in [0.05, 0.1) is 0 Å². The molecule has 0 radical (unpaired) electrons. The third-order valence-electron chi connectivity index (χ3n) is 4.69. The Kier molecular flexibility index (Phi) is 3.04. The average Bonchev–Trinajstić information content (AvgIpc) is 3.01. The zero-order valence-corrected chi connectivity index (χ0v) is 12.3. The van der Waals surface area contributed by atoms with E-state index in [1.54, 1.807) is 0 Å². The first-order valence-electron chi connectivity index (χ1n) is 7.72. The summed E-state index contributed by atoms with van der Waals surface area (Å²) in [5.41, 5.74) is 5.62. The van der Waals surface area contributed by atoms with Gasteiger partial charge in [0, 0.05) is 30.7 Å². The number of aromatic nitrogens is 1. The molecule has 4 rings (SSSR count). The van der Waals surface area contributed by atoms with Gasteiger partial charge >= 0.3 is 0 Å². The summed E-state index contributed by atoms with van der Waals surface area (Å²) in [6.45, 7) is 5.55. The van der Waals surface area contributed by atoms with Crippen LogP contribution in [-0.2, 0) is 6.54 Å². The lowest BCUT2D eigenvalue weighted by Gasteiger charge is -2.34. The SMILES string of the molecule is CCN1Cc2ccccc2[C@@H](c2ccc3[nH]ccc3c2)C1. The minimum absolute atomic E-state index is 0.481. The van der Waals surface area contributed by atoms with E-state index in [1.165, 1.54) is 27.6 Å². The summed E-state index contributed by atoms with van der Waals surface area (Å²) in [6, 6.07) is 17.9. The number of hydrogen-bond acceptors (Lipinski definition) is 1. The first-order valence-corrected chi connectivity index (χ1v) is 7.72. The van der Waals surface area contributed by atoms with Crippen molar-refractivity contribution in [1.82, 2.24) is 9.88 Å². The number of nitrogens with one attached hydrogen (secondary N) is 1. The predicted molar refractivity (Wildman–Crippen MR) is 87.5 cm³/mol. The molecule has 0 amide bonds. The third kappa shape index (κ3) is 2.16. The van der Waals surface area contributed by atoms with Crippen molar-refractivity contribution < 1.29 is 0 Å². The Morgan fingerprint density at radius 1 is 1.14 bits per heavy atom. The minimum atomic E-state index is 0.481. The van der Waals surface area contributed by atoms with Crippen LogP contribution in [0.2, 0.25) is 0 Å². The lowest BCUT2D eigenvalue weighted by atomic mass is 9.84. The smallest absolute Gasteiger partial charge is 0.0454 e. The molecule has 1 atom stereocenters. The first kappa shape index (κ1) is 12.7. The van der Waals surface area contributed by atoms with Gasteiger partial charge in [-0.1, -0.05) is 37.3 Å². The van der Waals surface area contributed by atoms with Gasteiger partial charge in [-0.25, -0.2) is 0 Å². The van der Waals surface area contributed by atoms with Gasteiger partial charge in [0.25, 0.3) is 0 Å². The van der Waals surface area contributed by atoms with Crippen LogP contribution in [0.5, 0.6) is 0 Å². The number of hydrogen-bond donors (Lipinski definition) is 1. The maximum Gasteiger partial charge on any atom is 0.0454 e. The number of benzene rings is 2. The highest BCUT2D eigenvalue weighted by molar-refractivity contribution is 5.80.